The molecule has 4 aromatic carbocycles. The Bertz CT molecular complexity index is 1370. The van der Waals surface area contributed by atoms with Gasteiger partial charge in [-0.2, -0.15) is 0 Å². The SMILES string of the molecule is CCCC(=O)O[C@@H]1C[C@H](OCc2ccccc2)[C@@H](OCc2ccccc2)[C@H](OCc2ccccc2)[C@H]1OCc1ccccc1. The molecule has 0 aliphatic heterocycles. The molecule has 0 radical (unpaired) electrons. The van der Waals surface area contributed by atoms with Crippen molar-refractivity contribution in [2.45, 2.75) is 83.1 Å². The first-order valence-electron chi connectivity index (χ1n) is 15.5. The van der Waals surface area contributed by atoms with E-state index in [-0.39, 0.29) is 5.97 Å². The minimum atomic E-state index is -0.573. The van der Waals surface area contributed by atoms with Gasteiger partial charge in [-0.15, -0.1) is 0 Å². The largest absolute Gasteiger partial charge is 0.459 e. The second-order valence-corrected chi connectivity index (χ2v) is 11.1. The van der Waals surface area contributed by atoms with Crippen LogP contribution >= 0.6 is 0 Å². The monoisotopic (exact) mass is 594 g/mol. The second-order valence-electron chi connectivity index (χ2n) is 11.1. The lowest BCUT2D eigenvalue weighted by Crippen LogP contribution is -2.60. The van der Waals surface area contributed by atoms with Crippen molar-refractivity contribution in [3.63, 3.8) is 0 Å². The predicted octanol–water partition coefficient (Wildman–Crippen LogP) is 7.44. The number of esters is 1. The van der Waals surface area contributed by atoms with Crippen molar-refractivity contribution in [3.05, 3.63) is 144 Å². The summed E-state index contributed by atoms with van der Waals surface area (Å²) in [6.07, 6.45) is -1.15. The van der Waals surface area contributed by atoms with Gasteiger partial charge in [0.15, 0.2) is 0 Å². The molecule has 44 heavy (non-hydrogen) atoms. The van der Waals surface area contributed by atoms with E-state index in [1.54, 1.807) is 0 Å². The summed E-state index contributed by atoms with van der Waals surface area (Å²) in [5, 5.41) is 0. The van der Waals surface area contributed by atoms with E-state index in [2.05, 4.69) is 0 Å². The summed E-state index contributed by atoms with van der Waals surface area (Å²) in [5.41, 5.74) is 4.16. The van der Waals surface area contributed by atoms with Crippen LogP contribution in [0.4, 0.5) is 0 Å². The van der Waals surface area contributed by atoms with Crippen LogP contribution < -0.4 is 0 Å². The number of rotatable bonds is 15. The Kier molecular flexibility index (Phi) is 12.1. The Labute approximate surface area is 260 Å². The van der Waals surface area contributed by atoms with Crippen LogP contribution in [0.5, 0.6) is 0 Å². The Hall–Kier alpha value is -3.81. The lowest BCUT2D eigenvalue weighted by Gasteiger charge is -2.45. The molecule has 1 aliphatic carbocycles. The van der Waals surface area contributed by atoms with Crippen molar-refractivity contribution in [1.29, 1.82) is 0 Å². The molecule has 0 N–H and O–H groups in total. The molecule has 1 aliphatic rings. The van der Waals surface area contributed by atoms with Crippen molar-refractivity contribution < 1.29 is 28.5 Å². The minimum absolute atomic E-state index is 0.252. The van der Waals surface area contributed by atoms with Gasteiger partial charge >= 0.3 is 5.97 Å². The fourth-order valence-electron chi connectivity index (χ4n) is 5.49. The number of carbonyl (C=O) groups excluding carboxylic acids is 1. The molecule has 6 heteroatoms. The Morgan fingerprint density at radius 1 is 0.523 bits per heavy atom. The molecule has 5 atom stereocenters. The van der Waals surface area contributed by atoms with Crippen LogP contribution in [0.2, 0.25) is 0 Å². The molecule has 0 saturated heterocycles. The fraction of sp³-hybridized carbons (Fsp3) is 0.342. The van der Waals surface area contributed by atoms with Gasteiger partial charge in [0.2, 0.25) is 0 Å². The van der Waals surface area contributed by atoms with Crippen molar-refractivity contribution in [2.24, 2.45) is 0 Å². The van der Waals surface area contributed by atoms with E-state index in [9.17, 15) is 4.79 Å². The summed E-state index contributed by atoms with van der Waals surface area (Å²) in [6, 6.07) is 40.2. The molecular formula is C38H42O6. The summed E-state index contributed by atoms with van der Waals surface area (Å²) in [7, 11) is 0. The molecule has 0 spiro atoms. The second kappa shape index (κ2) is 16.9. The van der Waals surface area contributed by atoms with Crippen molar-refractivity contribution in [3.8, 4) is 0 Å². The first-order valence-corrected chi connectivity index (χ1v) is 15.5. The highest BCUT2D eigenvalue weighted by molar-refractivity contribution is 5.69. The standard InChI is InChI=1S/C38H42O6/c1-2-15-35(39)44-34-24-33(40-25-29-16-7-3-8-17-29)36(41-26-30-18-9-4-10-19-30)38(43-28-32-22-13-6-14-23-32)37(34)42-27-31-20-11-5-12-21-31/h3-14,16-23,33-34,36-38H,2,15,24-28H2,1H3/t33-,34+,36+,37-,38-/m0/s1. The molecule has 1 saturated carbocycles. The first kappa shape index (κ1) is 31.6. The number of hydrogen-bond donors (Lipinski definition) is 0. The summed E-state index contributed by atoms with van der Waals surface area (Å²) >= 11 is 0. The van der Waals surface area contributed by atoms with E-state index in [0.717, 1.165) is 22.3 Å². The van der Waals surface area contributed by atoms with Gasteiger partial charge < -0.3 is 23.7 Å². The molecule has 0 aromatic heterocycles. The Morgan fingerprint density at radius 2 is 0.886 bits per heavy atom. The van der Waals surface area contributed by atoms with Crippen LogP contribution in [0.15, 0.2) is 121 Å². The van der Waals surface area contributed by atoms with Gasteiger partial charge in [0.25, 0.3) is 0 Å². The van der Waals surface area contributed by atoms with Gasteiger partial charge in [0, 0.05) is 12.8 Å². The van der Waals surface area contributed by atoms with Gasteiger partial charge in [-0.1, -0.05) is 128 Å². The van der Waals surface area contributed by atoms with Crippen molar-refractivity contribution >= 4 is 5.97 Å². The first-order chi connectivity index (χ1) is 21.7. The van der Waals surface area contributed by atoms with Crippen LogP contribution in [-0.2, 0) is 54.9 Å². The van der Waals surface area contributed by atoms with E-state index in [0.29, 0.717) is 45.7 Å². The molecule has 0 unspecified atom stereocenters. The topological polar surface area (TPSA) is 63.2 Å². The zero-order valence-electron chi connectivity index (χ0n) is 25.3. The van der Waals surface area contributed by atoms with E-state index >= 15 is 0 Å². The molecule has 0 amide bonds. The van der Waals surface area contributed by atoms with Crippen LogP contribution in [0, 0.1) is 0 Å². The molecule has 0 heterocycles. The summed E-state index contributed by atoms with van der Waals surface area (Å²) in [5.74, 6) is -0.252. The highest BCUT2D eigenvalue weighted by Gasteiger charge is 2.49. The quantitative estimate of drug-likeness (QED) is 0.133. The zero-order chi connectivity index (χ0) is 30.4. The third-order valence-electron chi connectivity index (χ3n) is 7.74. The Balaban J connectivity index is 1.46. The van der Waals surface area contributed by atoms with Gasteiger partial charge in [-0.05, 0) is 28.7 Å². The lowest BCUT2D eigenvalue weighted by molar-refractivity contribution is -0.246. The normalized spacial score (nSPS) is 21.5. The van der Waals surface area contributed by atoms with E-state index in [1.165, 1.54) is 0 Å². The third kappa shape index (κ3) is 9.34. The fourth-order valence-corrected chi connectivity index (χ4v) is 5.49. The molecule has 4 aromatic rings. The number of benzene rings is 4. The van der Waals surface area contributed by atoms with Gasteiger partial charge in [-0.25, -0.2) is 0 Å². The molecule has 230 valence electrons. The Morgan fingerprint density at radius 3 is 1.30 bits per heavy atom. The van der Waals surface area contributed by atoms with Crippen molar-refractivity contribution in [2.75, 3.05) is 0 Å². The van der Waals surface area contributed by atoms with Crippen LogP contribution in [0.25, 0.3) is 0 Å². The van der Waals surface area contributed by atoms with Crippen molar-refractivity contribution in [1.82, 2.24) is 0 Å². The maximum absolute atomic E-state index is 12.9. The molecule has 1 fully saturated rings. The molecule has 0 bridgehead atoms. The maximum atomic E-state index is 12.9. The highest BCUT2D eigenvalue weighted by atomic mass is 16.6. The average molecular weight is 595 g/mol. The maximum Gasteiger partial charge on any atom is 0.306 e. The predicted molar refractivity (Wildman–Crippen MR) is 169 cm³/mol. The number of hydrogen-bond acceptors (Lipinski definition) is 6. The van der Waals surface area contributed by atoms with Gasteiger partial charge in [0.1, 0.15) is 24.4 Å². The lowest BCUT2D eigenvalue weighted by atomic mass is 9.86. The zero-order valence-corrected chi connectivity index (χ0v) is 25.3. The van der Waals surface area contributed by atoms with E-state index in [1.807, 2.05) is 128 Å². The van der Waals surface area contributed by atoms with Gasteiger partial charge in [-0.3, -0.25) is 4.79 Å². The summed E-state index contributed by atoms with van der Waals surface area (Å²) in [6.45, 7) is 3.44. The third-order valence-corrected chi connectivity index (χ3v) is 7.74. The highest BCUT2D eigenvalue weighted by Crippen LogP contribution is 2.34. The average Bonchev–Trinajstić information content (AvgIpc) is 3.07. The molecule has 5 rings (SSSR count). The van der Waals surface area contributed by atoms with Crippen LogP contribution in [0.1, 0.15) is 48.4 Å². The number of carbonyl (C=O) groups is 1. The van der Waals surface area contributed by atoms with E-state index < -0.39 is 30.5 Å². The van der Waals surface area contributed by atoms with Crippen LogP contribution in [0.3, 0.4) is 0 Å². The summed E-state index contributed by atoms with van der Waals surface area (Å²) in [4.78, 5) is 12.9. The number of ether oxygens (including phenoxy) is 5. The minimum Gasteiger partial charge on any atom is -0.459 e. The molecule has 6 nitrogen and oxygen atoms in total. The van der Waals surface area contributed by atoms with E-state index in [4.69, 9.17) is 23.7 Å². The van der Waals surface area contributed by atoms with Crippen LogP contribution in [-0.4, -0.2) is 36.5 Å². The summed E-state index contributed by atoms with van der Waals surface area (Å²) < 4.78 is 32.7. The molecular weight excluding hydrogens is 552 g/mol. The smallest absolute Gasteiger partial charge is 0.306 e. The van der Waals surface area contributed by atoms with Gasteiger partial charge in [0.05, 0.1) is 32.5 Å².